The highest BCUT2D eigenvalue weighted by molar-refractivity contribution is 6.03. The number of aromatic nitrogens is 3. The number of pyridine rings is 1. The van der Waals surface area contributed by atoms with E-state index in [9.17, 15) is 9.90 Å². The molecule has 1 unspecified atom stereocenters. The molecular weight excluding hydrogens is 500 g/mol. The van der Waals surface area contributed by atoms with E-state index in [0.29, 0.717) is 6.54 Å². The molecule has 8 heteroatoms. The van der Waals surface area contributed by atoms with E-state index in [0.717, 1.165) is 97.3 Å². The Morgan fingerprint density at radius 2 is 1.85 bits per heavy atom. The molecule has 1 atom stereocenters. The van der Waals surface area contributed by atoms with E-state index >= 15 is 0 Å². The number of fused-ring (bicyclic) bond motifs is 3. The fourth-order valence-electron chi connectivity index (χ4n) is 5.43. The van der Waals surface area contributed by atoms with Gasteiger partial charge in [-0.1, -0.05) is 56.3 Å². The first kappa shape index (κ1) is 29.6. The van der Waals surface area contributed by atoms with Crippen molar-refractivity contribution in [1.82, 2.24) is 24.3 Å². The van der Waals surface area contributed by atoms with Crippen LogP contribution in [0.4, 0.5) is 0 Å². The summed E-state index contributed by atoms with van der Waals surface area (Å²) in [6.07, 6.45) is 4.97. The first-order chi connectivity index (χ1) is 19.4. The molecule has 0 aliphatic rings. The predicted molar refractivity (Wildman–Crippen MR) is 163 cm³/mol. The van der Waals surface area contributed by atoms with E-state index in [1.54, 1.807) is 0 Å². The second kappa shape index (κ2) is 14.3. The molecule has 0 amide bonds. The smallest absolute Gasteiger partial charge is 0.307 e. The molecule has 0 aliphatic carbocycles. The zero-order chi connectivity index (χ0) is 28.5. The van der Waals surface area contributed by atoms with Crippen molar-refractivity contribution in [1.29, 1.82) is 0 Å². The van der Waals surface area contributed by atoms with Gasteiger partial charge in [0, 0.05) is 30.9 Å². The minimum Gasteiger partial charge on any atom is -0.481 e. The summed E-state index contributed by atoms with van der Waals surface area (Å²) in [7, 11) is 2.16. The van der Waals surface area contributed by atoms with Crippen LogP contribution in [0.15, 0.2) is 54.9 Å². The second-order valence-electron chi connectivity index (χ2n) is 10.9. The molecule has 40 heavy (non-hydrogen) atoms. The summed E-state index contributed by atoms with van der Waals surface area (Å²) in [4.78, 5) is 25.9. The number of imidazole rings is 1. The number of aryl methyl sites for hydroxylation is 1. The Kier molecular flexibility index (Phi) is 10.6. The number of hydrogen-bond donors (Lipinski definition) is 2. The van der Waals surface area contributed by atoms with Crippen molar-refractivity contribution in [2.45, 2.75) is 58.5 Å². The lowest BCUT2D eigenvalue weighted by atomic mass is 10.0. The molecule has 8 nitrogen and oxygen atoms in total. The highest BCUT2D eigenvalue weighted by atomic mass is 16.4. The normalized spacial score (nSPS) is 12.7. The van der Waals surface area contributed by atoms with Gasteiger partial charge in [-0.2, -0.15) is 0 Å². The zero-order valence-electron chi connectivity index (χ0n) is 24.2. The van der Waals surface area contributed by atoms with Crippen molar-refractivity contribution >= 4 is 27.9 Å². The van der Waals surface area contributed by atoms with Gasteiger partial charge >= 0.3 is 5.97 Å². The topological polar surface area (TPSA) is 101 Å². The molecular formula is C32H44N6O2. The van der Waals surface area contributed by atoms with Crippen molar-refractivity contribution in [3.05, 3.63) is 71.7 Å². The minimum absolute atomic E-state index is 0.0531. The van der Waals surface area contributed by atoms with Gasteiger partial charge in [-0.15, -0.1) is 0 Å². The number of carbonyl (C=O) groups is 1. The van der Waals surface area contributed by atoms with Crippen LogP contribution in [0.3, 0.4) is 0 Å². The number of rotatable bonds is 16. The maximum absolute atomic E-state index is 11.2. The lowest BCUT2D eigenvalue weighted by molar-refractivity contribution is -0.136. The summed E-state index contributed by atoms with van der Waals surface area (Å²) in [6, 6.07) is 16.3. The van der Waals surface area contributed by atoms with Crippen LogP contribution in [0.25, 0.3) is 21.9 Å². The summed E-state index contributed by atoms with van der Waals surface area (Å²) in [5, 5.41) is 10.4. The number of hydrogen-bond acceptors (Lipinski definition) is 6. The Balaban J connectivity index is 1.52. The first-order valence-electron chi connectivity index (χ1n) is 14.5. The molecule has 214 valence electrons. The fraction of sp³-hybridized carbons (Fsp3) is 0.469. The van der Waals surface area contributed by atoms with Crippen molar-refractivity contribution in [2.24, 2.45) is 5.73 Å². The van der Waals surface area contributed by atoms with Gasteiger partial charge in [0.2, 0.25) is 0 Å². The molecule has 4 aromatic rings. The Morgan fingerprint density at radius 3 is 2.62 bits per heavy atom. The molecule has 3 N–H and O–H groups in total. The quantitative estimate of drug-likeness (QED) is 0.207. The number of nitrogens with zero attached hydrogens (tertiary/aromatic N) is 5. The Hall–Kier alpha value is -3.33. The Morgan fingerprint density at radius 1 is 1.07 bits per heavy atom. The van der Waals surface area contributed by atoms with Gasteiger partial charge in [0.15, 0.2) is 0 Å². The maximum Gasteiger partial charge on any atom is 0.307 e. The lowest BCUT2D eigenvalue weighted by Gasteiger charge is -2.24. The predicted octanol–water partition coefficient (Wildman–Crippen LogP) is 4.90. The largest absolute Gasteiger partial charge is 0.481 e. The standard InChI is InChI=1S/C32H44N6O2/c1-4-36(3)16-8-17-37(22-26-11-7-10-25(20-26)21-29(39)40)18-9-19-38-23-34-31-30(24(2)14-15-33)35-28-13-6-5-12-27(28)32(31)38/h5-7,10-13,20,23-24H,4,8-9,14-19,21-22,33H2,1-3H3,(H,39,40). The van der Waals surface area contributed by atoms with E-state index in [4.69, 9.17) is 15.7 Å². The fourth-order valence-corrected chi connectivity index (χ4v) is 5.43. The van der Waals surface area contributed by atoms with Gasteiger partial charge in [0.25, 0.3) is 0 Å². The minimum atomic E-state index is -0.799. The SMILES string of the molecule is CCN(C)CCCN(CCCn1cnc2c(C(C)CCN)nc3ccccc3c21)Cc1cccc(CC(=O)O)c1. The molecule has 2 aromatic carbocycles. The number of nitrogens with two attached hydrogens (primary N) is 1. The van der Waals surface area contributed by atoms with Crippen LogP contribution in [-0.4, -0.2) is 75.2 Å². The second-order valence-corrected chi connectivity index (χ2v) is 10.9. The Bertz CT molecular complexity index is 1400. The first-order valence-corrected chi connectivity index (χ1v) is 14.5. The van der Waals surface area contributed by atoms with Gasteiger partial charge in [-0.25, -0.2) is 4.98 Å². The monoisotopic (exact) mass is 544 g/mol. The van der Waals surface area contributed by atoms with Crippen LogP contribution < -0.4 is 5.73 Å². The molecule has 0 aliphatic heterocycles. The van der Waals surface area contributed by atoms with Gasteiger partial charge in [0.1, 0.15) is 5.52 Å². The molecule has 0 radical (unpaired) electrons. The molecule has 0 saturated heterocycles. The molecule has 0 bridgehead atoms. The van der Waals surface area contributed by atoms with Crippen LogP contribution >= 0.6 is 0 Å². The number of carboxylic acids is 1. The summed E-state index contributed by atoms with van der Waals surface area (Å²) >= 11 is 0. The van der Waals surface area contributed by atoms with Crippen LogP contribution in [0.5, 0.6) is 0 Å². The summed E-state index contributed by atoms with van der Waals surface area (Å²) in [6.45, 7) is 10.7. The van der Waals surface area contributed by atoms with Gasteiger partial charge in [-0.05, 0) is 69.7 Å². The van der Waals surface area contributed by atoms with E-state index in [1.807, 2.05) is 30.6 Å². The van der Waals surface area contributed by atoms with Gasteiger partial charge in [-0.3, -0.25) is 14.7 Å². The van der Waals surface area contributed by atoms with E-state index < -0.39 is 5.97 Å². The average Bonchev–Trinajstić information content (AvgIpc) is 3.36. The zero-order valence-corrected chi connectivity index (χ0v) is 24.2. The van der Waals surface area contributed by atoms with Crippen molar-refractivity contribution < 1.29 is 9.90 Å². The molecule has 0 fully saturated rings. The molecule has 0 saturated carbocycles. The molecule has 2 heterocycles. The van der Waals surface area contributed by atoms with Crippen LogP contribution in [-0.2, 0) is 24.3 Å². The van der Waals surface area contributed by atoms with Crippen LogP contribution in [0.1, 0.15) is 55.8 Å². The highest BCUT2D eigenvalue weighted by Crippen LogP contribution is 2.31. The van der Waals surface area contributed by atoms with Crippen LogP contribution in [0, 0.1) is 0 Å². The van der Waals surface area contributed by atoms with Gasteiger partial charge < -0.3 is 20.3 Å². The van der Waals surface area contributed by atoms with Crippen molar-refractivity contribution in [3.8, 4) is 0 Å². The lowest BCUT2D eigenvalue weighted by Crippen LogP contribution is -2.29. The number of para-hydroxylation sites is 1. The summed E-state index contributed by atoms with van der Waals surface area (Å²) < 4.78 is 2.29. The molecule has 4 rings (SSSR count). The van der Waals surface area contributed by atoms with Crippen molar-refractivity contribution in [2.75, 3.05) is 39.8 Å². The molecule has 2 aromatic heterocycles. The summed E-state index contributed by atoms with van der Waals surface area (Å²) in [5.41, 5.74) is 12.0. The third kappa shape index (κ3) is 7.65. The van der Waals surface area contributed by atoms with E-state index in [-0.39, 0.29) is 12.3 Å². The highest BCUT2D eigenvalue weighted by Gasteiger charge is 2.18. The number of benzene rings is 2. The molecule has 0 spiro atoms. The third-order valence-electron chi connectivity index (χ3n) is 7.73. The van der Waals surface area contributed by atoms with E-state index in [1.165, 1.54) is 0 Å². The number of aliphatic carboxylic acids is 1. The Labute approximate surface area is 237 Å². The van der Waals surface area contributed by atoms with Crippen LogP contribution in [0.2, 0.25) is 0 Å². The van der Waals surface area contributed by atoms with Crippen molar-refractivity contribution in [3.63, 3.8) is 0 Å². The third-order valence-corrected chi connectivity index (χ3v) is 7.73. The van der Waals surface area contributed by atoms with Gasteiger partial charge in [0.05, 0.1) is 29.5 Å². The number of carboxylic acid groups (broad SMARTS) is 1. The average molecular weight is 545 g/mol. The summed E-state index contributed by atoms with van der Waals surface area (Å²) in [5.74, 6) is -0.554. The van der Waals surface area contributed by atoms with E-state index in [2.05, 4.69) is 59.5 Å². The maximum atomic E-state index is 11.2.